The zero-order chi connectivity index (χ0) is 11.8. The summed E-state index contributed by atoms with van der Waals surface area (Å²) >= 11 is 0. The van der Waals surface area contributed by atoms with Crippen LogP contribution in [0.3, 0.4) is 0 Å². The third-order valence-corrected chi connectivity index (χ3v) is 1.83. The van der Waals surface area contributed by atoms with Crippen LogP contribution < -0.4 is 5.32 Å². The highest BCUT2D eigenvalue weighted by Crippen LogP contribution is 2.03. The van der Waals surface area contributed by atoms with Crippen molar-refractivity contribution in [3.8, 4) is 6.07 Å². The summed E-state index contributed by atoms with van der Waals surface area (Å²) in [6.45, 7) is 2.64. The highest BCUT2D eigenvalue weighted by atomic mass is 16.5. The number of hydrogen-bond donors (Lipinski definition) is 1. The molecule has 0 aromatic carbocycles. The molecule has 16 heavy (non-hydrogen) atoms. The average Bonchev–Trinajstić information content (AvgIpc) is 2.30. The van der Waals surface area contributed by atoms with Gasteiger partial charge in [-0.2, -0.15) is 5.26 Å². The quantitative estimate of drug-likeness (QED) is 0.756. The Kier molecular flexibility index (Phi) is 4.80. The minimum Gasteiger partial charge on any atom is -0.466 e. The number of nitriles is 1. The topological polar surface area (TPSA) is 75.0 Å². The van der Waals surface area contributed by atoms with Crippen molar-refractivity contribution in [1.29, 1.82) is 5.26 Å². The zero-order valence-corrected chi connectivity index (χ0v) is 9.06. The Morgan fingerprint density at radius 1 is 1.62 bits per heavy atom. The molecule has 1 aromatic heterocycles. The number of nitrogens with zero attached hydrogens (tertiary/aromatic N) is 2. The van der Waals surface area contributed by atoms with Gasteiger partial charge in [0, 0.05) is 12.7 Å². The van der Waals surface area contributed by atoms with E-state index in [9.17, 15) is 4.79 Å². The number of hydrogen-bond acceptors (Lipinski definition) is 5. The van der Waals surface area contributed by atoms with Gasteiger partial charge in [0.05, 0.1) is 18.6 Å². The Morgan fingerprint density at radius 2 is 2.44 bits per heavy atom. The first-order chi connectivity index (χ1) is 7.76. The van der Waals surface area contributed by atoms with Crippen LogP contribution in [0.5, 0.6) is 0 Å². The third kappa shape index (κ3) is 3.96. The van der Waals surface area contributed by atoms with Gasteiger partial charge in [0.1, 0.15) is 11.9 Å². The Hall–Kier alpha value is -2.09. The molecule has 5 nitrogen and oxygen atoms in total. The first-order valence-electron chi connectivity index (χ1n) is 5.02. The molecular weight excluding hydrogens is 206 g/mol. The lowest BCUT2D eigenvalue weighted by molar-refractivity contribution is -0.142. The van der Waals surface area contributed by atoms with Gasteiger partial charge in [0.15, 0.2) is 0 Å². The van der Waals surface area contributed by atoms with Gasteiger partial charge in [0.25, 0.3) is 0 Å². The number of carbonyl (C=O) groups is 1. The number of carbonyl (C=O) groups excluding carboxylic acids is 1. The van der Waals surface area contributed by atoms with E-state index >= 15 is 0 Å². The lowest BCUT2D eigenvalue weighted by atomic mass is 10.3. The first kappa shape index (κ1) is 12.0. The summed E-state index contributed by atoms with van der Waals surface area (Å²) in [6.07, 6.45) is 1.78. The summed E-state index contributed by atoms with van der Waals surface area (Å²) in [4.78, 5) is 15.0. The fourth-order valence-electron chi connectivity index (χ4n) is 1.09. The van der Waals surface area contributed by atoms with E-state index in [0.29, 0.717) is 31.0 Å². The van der Waals surface area contributed by atoms with Gasteiger partial charge < -0.3 is 10.1 Å². The summed E-state index contributed by atoms with van der Waals surface area (Å²) in [7, 11) is 0. The van der Waals surface area contributed by atoms with Crippen molar-refractivity contribution in [1.82, 2.24) is 4.98 Å². The fraction of sp³-hybridized carbons (Fsp3) is 0.364. The summed E-state index contributed by atoms with van der Waals surface area (Å²) in [5, 5.41) is 11.5. The number of nitrogens with one attached hydrogen (secondary N) is 1. The molecule has 0 radical (unpaired) electrons. The molecule has 0 unspecified atom stereocenters. The monoisotopic (exact) mass is 219 g/mol. The molecule has 84 valence electrons. The average molecular weight is 219 g/mol. The second kappa shape index (κ2) is 6.40. The van der Waals surface area contributed by atoms with E-state index in [-0.39, 0.29) is 5.97 Å². The lowest BCUT2D eigenvalue weighted by Gasteiger charge is -2.04. The summed E-state index contributed by atoms with van der Waals surface area (Å²) in [5.74, 6) is 0.409. The van der Waals surface area contributed by atoms with Crippen LogP contribution in [0.15, 0.2) is 18.3 Å². The Balaban J connectivity index is 2.32. The van der Waals surface area contributed by atoms with Gasteiger partial charge in [-0.1, -0.05) is 0 Å². The summed E-state index contributed by atoms with van der Waals surface area (Å²) in [5.41, 5.74) is 0.510. The van der Waals surface area contributed by atoms with Crippen molar-refractivity contribution < 1.29 is 9.53 Å². The number of aromatic nitrogens is 1. The van der Waals surface area contributed by atoms with Crippen LogP contribution >= 0.6 is 0 Å². The van der Waals surface area contributed by atoms with Crippen LogP contribution in [-0.4, -0.2) is 24.1 Å². The predicted octanol–water partition coefficient (Wildman–Crippen LogP) is 1.32. The van der Waals surface area contributed by atoms with Crippen molar-refractivity contribution in [2.75, 3.05) is 18.5 Å². The van der Waals surface area contributed by atoms with Crippen LogP contribution in [0, 0.1) is 11.3 Å². The molecule has 0 amide bonds. The molecule has 1 N–H and O–H groups in total. The number of esters is 1. The van der Waals surface area contributed by atoms with Gasteiger partial charge >= 0.3 is 5.97 Å². The smallest absolute Gasteiger partial charge is 0.307 e. The zero-order valence-electron chi connectivity index (χ0n) is 9.06. The maximum absolute atomic E-state index is 11.0. The van der Waals surface area contributed by atoms with Crippen LogP contribution in [-0.2, 0) is 9.53 Å². The number of rotatable bonds is 5. The largest absolute Gasteiger partial charge is 0.466 e. The number of anilines is 1. The molecule has 0 atom stereocenters. The minimum atomic E-state index is -0.233. The fourth-order valence-corrected chi connectivity index (χ4v) is 1.09. The summed E-state index contributed by atoms with van der Waals surface area (Å²) in [6, 6.07) is 5.35. The molecular formula is C11H13N3O2. The molecule has 0 aliphatic carbocycles. The predicted molar refractivity (Wildman–Crippen MR) is 58.7 cm³/mol. The molecule has 0 spiro atoms. The molecule has 1 rings (SSSR count). The Morgan fingerprint density at radius 3 is 3.00 bits per heavy atom. The van der Waals surface area contributed by atoms with E-state index in [0.717, 1.165) is 0 Å². The minimum absolute atomic E-state index is 0.233. The van der Waals surface area contributed by atoms with Crippen molar-refractivity contribution in [2.45, 2.75) is 13.3 Å². The number of ether oxygens (including phenoxy) is 1. The molecule has 1 heterocycles. The van der Waals surface area contributed by atoms with Gasteiger partial charge in [-0.05, 0) is 19.1 Å². The van der Waals surface area contributed by atoms with E-state index in [1.54, 1.807) is 19.1 Å². The van der Waals surface area contributed by atoms with Crippen LogP contribution in [0.4, 0.5) is 5.82 Å². The van der Waals surface area contributed by atoms with E-state index in [1.807, 2.05) is 6.07 Å². The van der Waals surface area contributed by atoms with Crippen LogP contribution in [0.2, 0.25) is 0 Å². The van der Waals surface area contributed by atoms with E-state index in [1.165, 1.54) is 6.20 Å². The molecule has 0 bridgehead atoms. The maximum atomic E-state index is 11.0. The normalized spacial score (nSPS) is 9.25. The maximum Gasteiger partial charge on any atom is 0.307 e. The molecule has 0 saturated heterocycles. The highest BCUT2D eigenvalue weighted by molar-refractivity contribution is 5.69. The Labute approximate surface area is 94.1 Å². The SMILES string of the molecule is CCOC(=O)CCNc1ccc(C#N)cn1. The van der Waals surface area contributed by atoms with E-state index < -0.39 is 0 Å². The first-order valence-corrected chi connectivity index (χ1v) is 5.02. The van der Waals surface area contributed by atoms with Gasteiger partial charge in [0.2, 0.25) is 0 Å². The molecule has 1 aromatic rings. The molecule has 0 fully saturated rings. The van der Waals surface area contributed by atoms with Crippen molar-refractivity contribution in [2.24, 2.45) is 0 Å². The Bertz CT molecular complexity index is 381. The van der Waals surface area contributed by atoms with Gasteiger partial charge in [-0.25, -0.2) is 4.98 Å². The highest BCUT2D eigenvalue weighted by Gasteiger charge is 2.01. The lowest BCUT2D eigenvalue weighted by Crippen LogP contribution is -2.11. The van der Waals surface area contributed by atoms with Crippen LogP contribution in [0.1, 0.15) is 18.9 Å². The van der Waals surface area contributed by atoms with E-state index in [2.05, 4.69) is 10.3 Å². The van der Waals surface area contributed by atoms with E-state index in [4.69, 9.17) is 10.00 Å². The van der Waals surface area contributed by atoms with Crippen molar-refractivity contribution >= 4 is 11.8 Å². The van der Waals surface area contributed by atoms with Gasteiger partial charge in [-0.3, -0.25) is 4.79 Å². The molecule has 0 aliphatic rings. The molecule has 5 heteroatoms. The summed E-state index contributed by atoms with van der Waals surface area (Å²) < 4.78 is 4.77. The number of pyridine rings is 1. The third-order valence-electron chi connectivity index (χ3n) is 1.83. The second-order valence-electron chi connectivity index (χ2n) is 3.03. The van der Waals surface area contributed by atoms with Gasteiger partial charge in [-0.15, -0.1) is 0 Å². The van der Waals surface area contributed by atoms with Crippen molar-refractivity contribution in [3.63, 3.8) is 0 Å². The van der Waals surface area contributed by atoms with Crippen LogP contribution in [0.25, 0.3) is 0 Å². The second-order valence-corrected chi connectivity index (χ2v) is 3.03. The standard InChI is InChI=1S/C11H13N3O2/c1-2-16-11(15)5-6-13-10-4-3-9(7-12)8-14-10/h3-4,8H,2,5-6H2,1H3,(H,13,14). The molecule has 0 saturated carbocycles. The molecule has 0 aliphatic heterocycles. The van der Waals surface area contributed by atoms with Crippen molar-refractivity contribution in [3.05, 3.63) is 23.9 Å².